The van der Waals surface area contributed by atoms with Gasteiger partial charge < -0.3 is 15.7 Å². The van der Waals surface area contributed by atoms with Crippen LogP contribution in [0.25, 0.3) is 0 Å². The Morgan fingerprint density at radius 3 is 2.70 bits per heavy atom. The summed E-state index contributed by atoms with van der Waals surface area (Å²) in [5, 5.41) is 14.4. The Balaban J connectivity index is 2.47. The van der Waals surface area contributed by atoms with Crippen molar-refractivity contribution in [2.24, 2.45) is 0 Å². The zero-order chi connectivity index (χ0) is 15.0. The number of thioether (sulfide) groups is 1. The summed E-state index contributed by atoms with van der Waals surface area (Å²) in [6.07, 6.45) is 3.99. The van der Waals surface area contributed by atoms with E-state index in [0.717, 1.165) is 18.6 Å². The minimum atomic E-state index is -1.09. The molecule has 0 aliphatic carbocycles. The number of unbranched alkanes of at least 4 members (excludes halogenated alkanes) is 1. The third-order valence-corrected chi connectivity index (χ3v) is 3.38. The monoisotopic (exact) mass is 316 g/mol. The highest BCUT2D eigenvalue weighted by molar-refractivity contribution is 7.98. The van der Waals surface area contributed by atoms with Crippen LogP contribution in [-0.4, -0.2) is 35.7 Å². The van der Waals surface area contributed by atoms with Gasteiger partial charge in [-0.2, -0.15) is 11.8 Å². The predicted octanol–water partition coefficient (Wildman–Crippen LogP) is 3.30. The highest BCUT2D eigenvalue weighted by Crippen LogP contribution is 2.19. The third kappa shape index (κ3) is 6.16. The van der Waals surface area contributed by atoms with Gasteiger partial charge in [-0.15, -0.1) is 0 Å². The molecule has 0 unspecified atom stereocenters. The van der Waals surface area contributed by atoms with Gasteiger partial charge in [0.15, 0.2) is 0 Å². The molecule has 0 heterocycles. The number of anilines is 1. The first-order valence-electron chi connectivity index (χ1n) is 6.10. The second kappa shape index (κ2) is 8.71. The molecule has 0 atom stereocenters. The maximum absolute atomic E-state index is 11.6. The van der Waals surface area contributed by atoms with E-state index in [2.05, 4.69) is 10.6 Å². The first-order chi connectivity index (χ1) is 9.52. The lowest BCUT2D eigenvalue weighted by atomic mass is 10.2. The SMILES string of the molecule is CSCCCCNC(=O)Nc1cc(Cl)cc(C(=O)O)c1. The molecule has 3 N–H and O–H groups in total. The molecule has 0 bridgehead atoms. The molecule has 0 saturated heterocycles. The van der Waals surface area contributed by atoms with Crippen LogP contribution in [0.2, 0.25) is 5.02 Å². The molecule has 1 aromatic carbocycles. The summed E-state index contributed by atoms with van der Waals surface area (Å²) in [6, 6.07) is 3.82. The fraction of sp³-hybridized carbons (Fsp3) is 0.385. The molecule has 1 aromatic rings. The molecule has 110 valence electrons. The summed E-state index contributed by atoms with van der Waals surface area (Å²) in [7, 11) is 0. The van der Waals surface area contributed by atoms with E-state index in [4.69, 9.17) is 16.7 Å². The maximum atomic E-state index is 11.6. The number of carbonyl (C=O) groups excluding carboxylic acids is 1. The van der Waals surface area contributed by atoms with Gasteiger partial charge in [0.05, 0.1) is 5.56 Å². The van der Waals surface area contributed by atoms with Gasteiger partial charge in [0.1, 0.15) is 0 Å². The lowest BCUT2D eigenvalue weighted by Crippen LogP contribution is -2.29. The Bertz CT molecular complexity index is 483. The maximum Gasteiger partial charge on any atom is 0.335 e. The van der Waals surface area contributed by atoms with Crippen molar-refractivity contribution in [3.05, 3.63) is 28.8 Å². The van der Waals surface area contributed by atoms with Gasteiger partial charge in [-0.1, -0.05) is 11.6 Å². The average molecular weight is 317 g/mol. The van der Waals surface area contributed by atoms with Crippen LogP contribution in [0.3, 0.4) is 0 Å². The van der Waals surface area contributed by atoms with E-state index < -0.39 is 5.97 Å². The second-order valence-electron chi connectivity index (χ2n) is 4.11. The molecule has 0 aromatic heterocycles. The number of carboxylic acid groups (broad SMARTS) is 1. The quantitative estimate of drug-likeness (QED) is 0.674. The Kier molecular flexibility index (Phi) is 7.25. The summed E-state index contributed by atoms with van der Waals surface area (Å²) in [5.41, 5.74) is 0.393. The van der Waals surface area contributed by atoms with E-state index in [0.29, 0.717) is 12.2 Å². The van der Waals surface area contributed by atoms with Crippen molar-refractivity contribution in [2.75, 3.05) is 23.9 Å². The number of rotatable bonds is 7. The van der Waals surface area contributed by atoms with Crippen molar-refractivity contribution >= 4 is 41.1 Å². The van der Waals surface area contributed by atoms with Gasteiger partial charge in [0.25, 0.3) is 0 Å². The van der Waals surface area contributed by atoms with E-state index >= 15 is 0 Å². The topological polar surface area (TPSA) is 78.4 Å². The second-order valence-corrected chi connectivity index (χ2v) is 5.54. The van der Waals surface area contributed by atoms with Gasteiger partial charge in [-0.05, 0) is 43.0 Å². The molecule has 0 spiro atoms. The van der Waals surface area contributed by atoms with Crippen LogP contribution in [-0.2, 0) is 0 Å². The molecular formula is C13H17ClN2O3S. The molecule has 0 aliphatic rings. The minimum Gasteiger partial charge on any atom is -0.478 e. The van der Waals surface area contributed by atoms with Crippen molar-refractivity contribution < 1.29 is 14.7 Å². The van der Waals surface area contributed by atoms with E-state index in [-0.39, 0.29) is 16.6 Å². The van der Waals surface area contributed by atoms with Crippen molar-refractivity contribution in [3.63, 3.8) is 0 Å². The Morgan fingerprint density at radius 1 is 1.30 bits per heavy atom. The molecule has 2 amide bonds. The number of carbonyl (C=O) groups is 2. The first kappa shape index (κ1) is 16.7. The lowest BCUT2D eigenvalue weighted by Gasteiger charge is -2.08. The van der Waals surface area contributed by atoms with Crippen molar-refractivity contribution in [2.45, 2.75) is 12.8 Å². The van der Waals surface area contributed by atoms with Gasteiger partial charge in [0.2, 0.25) is 0 Å². The number of carboxylic acids is 1. The number of urea groups is 1. The van der Waals surface area contributed by atoms with Crippen LogP contribution >= 0.6 is 23.4 Å². The van der Waals surface area contributed by atoms with Crippen molar-refractivity contribution in [3.8, 4) is 0 Å². The van der Waals surface area contributed by atoms with Crippen LogP contribution in [0.5, 0.6) is 0 Å². The van der Waals surface area contributed by atoms with Crippen LogP contribution in [0.15, 0.2) is 18.2 Å². The molecule has 1 rings (SSSR count). The lowest BCUT2D eigenvalue weighted by molar-refractivity contribution is 0.0697. The van der Waals surface area contributed by atoms with Crippen LogP contribution in [0.4, 0.5) is 10.5 Å². The van der Waals surface area contributed by atoms with E-state index in [1.807, 2.05) is 6.26 Å². The number of nitrogens with one attached hydrogen (secondary N) is 2. The summed E-state index contributed by atoms with van der Waals surface area (Å²) >= 11 is 7.57. The van der Waals surface area contributed by atoms with E-state index in [9.17, 15) is 9.59 Å². The van der Waals surface area contributed by atoms with Crippen LogP contribution in [0.1, 0.15) is 23.2 Å². The largest absolute Gasteiger partial charge is 0.478 e. The van der Waals surface area contributed by atoms with Gasteiger partial charge in [0, 0.05) is 17.3 Å². The Labute approximate surface area is 127 Å². The number of amides is 2. The number of hydrogen-bond acceptors (Lipinski definition) is 3. The fourth-order valence-electron chi connectivity index (χ4n) is 1.53. The molecule has 0 aliphatic heterocycles. The summed E-state index contributed by atoms with van der Waals surface area (Å²) in [6.45, 7) is 0.582. The smallest absolute Gasteiger partial charge is 0.335 e. The summed E-state index contributed by atoms with van der Waals surface area (Å²) in [4.78, 5) is 22.5. The van der Waals surface area contributed by atoms with Crippen molar-refractivity contribution in [1.29, 1.82) is 0 Å². The van der Waals surface area contributed by atoms with Crippen LogP contribution < -0.4 is 10.6 Å². The molecule has 0 saturated carbocycles. The highest BCUT2D eigenvalue weighted by Gasteiger charge is 2.08. The van der Waals surface area contributed by atoms with Gasteiger partial charge >= 0.3 is 12.0 Å². The summed E-state index contributed by atoms with van der Waals surface area (Å²) in [5.74, 6) is -0.0208. The molecule has 7 heteroatoms. The molecule has 0 fully saturated rings. The van der Waals surface area contributed by atoms with Crippen LogP contribution in [0, 0.1) is 0 Å². The summed E-state index contributed by atoms with van der Waals surface area (Å²) < 4.78 is 0. The van der Waals surface area contributed by atoms with Crippen molar-refractivity contribution in [1.82, 2.24) is 5.32 Å². The number of halogens is 1. The molecule has 20 heavy (non-hydrogen) atoms. The number of aromatic carboxylic acids is 1. The average Bonchev–Trinajstić information content (AvgIpc) is 2.37. The standard InChI is InChI=1S/C13H17ClN2O3S/c1-20-5-3-2-4-15-13(19)16-11-7-9(12(17)18)6-10(14)8-11/h6-8H,2-5H2,1H3,(H,17,18)(H2,15,16,19). The first-order valence-corrected chi connectivity index (χ1v) is 7.88. The Hall–Kier alpha value is -1.40. The molecule has 5 nitrogen and oxygen atoms in total. The third-order valence-electron chi connectivity index (χ3n) is 2.46. The van der Waals surface area contributed by atoms with E-state index in [1.165, 1.54) is 18.2 Å². The number of benzene rings is 1. The predicted molar refractivity (Wildman–Crippen MR) is 83.0 cm³/mol. The fourth-order valence-corrected chi connectivity index (χ4v) is 2.26. The molecule has 0 radical (unpaired) electrons. The normalized spacial score (nSPS) is 10.1. The number of hydrogen-bond donors (Lipinski definition) is 3. The zero-order valence-corrected chi connectivity index (χ0v) is 12.7. The van der Waals surface area contributed by atoms with E-state index in [1.54, 1.807) is 11.8 Å². The Morgan fingerprint density at radius 2 is 2.05 bits per heavy atom. The van der Waals surface area contributed by atoms with Gasteiger partial charge in [-0.3, -0.25) is 0 Å². The minimum absolute atomic E-state index is 0.0350. The highest BCUT2D eigenvalue weighted by atomic mass is 35.5. The molecular weight excluding hydrogens is 300 g/mol. The van der Waals surface area contributed by atoms with Gasteiger partial charge in [-0.25, -0.2) is 9.59 Å². The zero-order valence-electron chi connectivity index (χ0n) is 11.1.